The molecule has 1 rings (SSSR count). The maximum absolute atomic E-state index is 5.79. The zero-order chi connectivity index (χ0) is 11.8. The van der Waals surface area contributed by atoms with Crippen LogP contribution < -0.4 is 5.73 Å². The van der Waals surface area contributed by atoms with Crippen molar-refractivity contribution >= 4 is 0 Å². The first-order chi connectivity index (χ1) is 7.80. The van der Waals surface area contributed by atoms with E-state index in [1.165, 1.54) is 12.8 Å². The SMILES string of the molecule is CCCC(CN)CN(CC)Cc1ccco1. The van der Waals surface area contributed by atoms with E-state index in [2.05, 4.69) is 18.7 Å². The van der Waals surface area contributed by atoms with Gasteiger partial charge in [0, 0.05) is 6.54 Å². The van der Waals surface area contributed by atoms with Gasteiger partial charge in [-0.15, -0.1) is 0 Å². The maximum Gasteiger partial charge on any atom is 0.117 e. The monoisotopic (exact) mass is 224 g/mol. The van der Waals surface area contributed by atoms with Crippen molar-refractivity contribution in [3.8, 4) is 0 Å². The van der Waals surface area contributed by atoms with Gasteiger partial charge in [0.1, 0.15) is 5.76 Å². The average molecular weight is 224 g/mol. The van der Waals surface area contributed by atoms with Crippen molar-refractivity contribution in [3.05, 3.63) is 24.2 Å². The fraction of sp³-hybridized carbons (Fsp3) is 0.692. The lowest BCUT2D eigenvalue weighted by atomic mass is 10.0. The van der Waals surface area contributed by atoms with Crippen LogP contribution in [0.15, 0.2) is 22.8 Å². The molecule has 0 aliphatic carbocycles. The smallest absolute Gasteiger partial charge is 0.117 e. The second-order valence-corrected chi connectivity index (χ2v) is 4.30. The van der Waals surface area contributed by atoms with Crippen LogP contribution in [0.5, 0.6) is 0 Å². The van der Waals surface area contributed by atoms with Gasteiger partial charge in [0.15, 0.2) is 0 Å². The molecule has 0 aliphatic rings. The summed E-state index contributed by atoms with van der Waals surface area (Å²) in [6, 6.07) is 3.97. The van der Waals surface area contributed by atoms with Gasteiger partial charge in [0.2, 0.25) is 0 Å². The van der Waals surface area contributed by atoms with E-state index >= 15 is 0 Å². The van der Waals surface area contributed by atoms with E-state index in [0.29, 0.717) is 5.92 Å². The summed E-state index contributed by atoms with van der Waals surface area (Å²) in [5.41, 5.74) is 5.79. The topological polar surface area (TPSA) is 42.4 Å². The summed E-state index contributed by atoms with van der Waals surface area (Å²) < 4.78 is 5.37. The Labute approximate surface area is 98.6 Å². The molecule has 0 bridgehead atoms. The van der Waals surface area contributed by atoms with Crippen molar-refractivity contribution in [3.63, 3.8) is 0 Å². The molecule has 0 aliphatic heterocycles. The number of nitrogens with zero attached hydrogens (tertiary/aromatic N) is 1. The Bertz CT molecular complexity index is 259. The van der Waals surface area contributed by atoms with Gasteiger partial charge in [0.25, 0.3) is 0 Å². The molecular formula is C13H24N2O. The third-order valence-corrected chi connectivity index (χ3v) is 2.95. The summed E-state index contributed by atoms with van der Waals surface area (Å²) in [6.45, 7) is 8.18. The molecule has 1 unspecified atom stereocenters. The number of nitrogens with two attached hydrogens (primary N) is 1. The summed E-state index contributed by atoms with van der Waals surface area (Å²) in [4.78, 5) is 2.39. The van der Waals surface area contributed by atoms with E-state index < -0.39 is 0 Å². The number of rotatable bonds is 8. The third-order valence-electron chi connectivity index (χ3n) is 2.95. The zero-order valence-corrected chi connectivity index (χ0v) is 10.5. The molecule has 1 heterocycles. The standard InChI is InChI=1S/C13H24N2O/c1-3-6-12(9-14)10-15(4-2)11-13-7-5-8-16-13/h5,7-8,12H,3-4,6,9-11,14H2,1-2H3. The summed E-state index contributed by atoms with van der Waals surface area (Å²) >= 11 is 0. The van der Waals surface area contributed by atoms with Crippen LogP contribution in [0.25, 0.3) is 0 Å². The van der Waals surface area contributed by atoms with E-state index in [1.54, 1.807) is 6.26 Å². The quantitative estimate of drug-likeness (QED) is 0.737. The van der Waals surface area contributed by atoms with Crippen molar-refractivity contribution < 1.29 is 4.42 Å². The summed E-state index contributed by atoms with van der Waals surface area (Å²) in [7, 11) is 0. The Kier molecular flexibility index (Phi) is 6.19. The minimum atomic E-state index is 0.611. The van der Waals surface area contributed by atoms with E-state index in [-0.39, 0.29) is 0 Å². The van der Waals surface area contributed by atoms with Gasteiger partial charge in [-0.3, -0.25) is 4.90 Å². The van der Waals surface area contributed by atoms with Crippen LogP contribution in [0.2, 0.25) is 0 Å². The Morgan fingerprint density at radius 3 is 2.75 bits per heavy atom. The van der Waals surface area contributed by atoms with E-state index in [0.717, 1.165) is 31.9 Å². The van der Waals surface area contributed by atoms with Gasteiger partial charge in [-0.25, -0.2) is 0 Å². The highest BCUT2D eigenvalue weighted by Crippen LogP contribution is 2.11. The number of furan rings is 1. The highest BCUT2D eigenvalue weighted by atomic mass is 16.3. The number of hydrogen-bond donors (Lipinski definition) is 1. The van der Waals surface area contributed by atoms with Crippen molar-refractivity contribution in [2.45, 2.75) is 33.2 Å². The first-order valence-electron chi connectivity index (χ1n) is 6.24. The summed E-state index contributed by atoms with van der Waals surface area (Å²) in [6.07, 6.45) is 4.15. The second-order valence-electron chi connectivity index (χ2n) is 4.30. The van der Waals surface area contributed by atoms with Crippen LogP contribution in [0.3, 0.4) is 0 Å². The Balaban J connectivity index is 2.41. The normalized spacial score (nSPS) is 13.2. The van der Waals surface area contributed by atoms with E-state index in [1.807, 2.05) is 12.1 Å². The van der Waals surface area contributed by atoms with Gasteiger partial charge in [-0.1, -0.05) is 20.3 Å². The molecular weight excluding hydrogens is 200 g/mol. The third kappa shape index (κ3) is 4.37. The first-order valence-corrected chi connectivity index (χ1v) is 6.24. The molecule has 0 spiro atoms. The molecule has 0 saturated heterocycles. The molecule has 0 amide bonds. The van der Waals surface area contributed by atoms with Crippen molar-refractivity contribution in [2.24, 2.45) is 11.7 Å². The van der Waals surface area contributed by atoms with Crippen LogP contribution in [-0.4, -0.2) is 24.5 Å². The van der Waals surface area contributed by atoms with Crippen LogP contribution in [0, 0.1) is 5.92 Å². The Hall–Kier alpha value is -0.800. The molecule has 1 aromatic heterocycles. The molecule has 2 N–H and O–H groups in total. The highest BCUT2D eigenvalue weighted by Gasteiger charge is 2.12. The van der Waals surface area contributed by atoms with Crippen LogP contribution in [0.1, 0.15) is 32.4 Å². The predicted molar refractivity (Wildman–Crippen MR) is 67.1 cm³/mol. The van der Waals surface area contributed by atoms with Gasteiger partial charge in [0.05, 0.1) is 12.8 Å². The van der Waals surface area contributed by atoms with Crippen LogP contribution >= 0.6 is 0 Å². The zero-order valence-electron chi connectivity index (χ0n) is 10.5. The minimum absolute atomic E-state index is 0.611. The summed E-state index contributed by atoms with van der Waals surface area (Å²) in [5, 5.41) is 0. The molecule has 3 heteroatoms. The fourth-order valence-corrected chi connectivity index (χ4v) is 1.99. The molecule has 1 aromatic rings. The molecule has 0 fully saturated rings. The molecule has 16 heavy (non-hydrogen) atoms. The summed E-state index contributed by atoms with van der Waals surface area (Å²) in [5.74, 6) is 1.65. The van der Waals surface area contributed by atoms with Gasteiger partial charge < -0.3 is 10.2 Å². The molecule has 0 radical (unpaired) electrons. The second kappa shape index (κ2) is 7.47. The molecule has 0 aromatic carbocycles. The molecule has 92 valence electrons. The molecule has 0 saturated carbocycles. The lowest BCUT2D eigenvalue weighted by molar-refractivity contribution is 0.213. The van der Waals surface area contributed by atoms with Crippen LogP contribution in [0.4, 0.5) is 0 Å². The molecule has 3 nitrogen and oxygen atoms in total. The van der Waals surface area contributed by atoms with E-state index in [9.17, 15) is 0 Å². The van der Waals surface area contributed by atoms with E-state index in [4.69, 9.17) is 10.2 Å². The van der Waals surface area contributed by atoms with Crippen molar-refractivity contribution in [2.75, 3.05) is 19.6 Å². The first kappa shape index (κ1) is 13.3. The fourth-order valence-electron chi connectivity index (χ4n) is 1.99. The molecule has 1 atom stereocenters. The van der Waals surface area contributed by atoms with Crippen molar-refractivity contribution in [1.29, 1.82) is 0 Å². The van der Waals surface area contributed by atoms with Gasteiger partial charge >= 0.3 is 0 Å². The highest BCUT2D eigenvalue weighted by molar-refractivity contribution is 4.97. The Morgan fingerprint density at radius 1 is 1.44 bits per heavy atom. The maximum atomic E-state index is 5.79. The van der Waals surface area contributed by atoms with Gasteiger partial charge in [-0.2, -0.15) is 0 Å². The Morgan fingerprint density at radius 2 is 2.25 bits per heavy atom. The lowest BCUT2D eigenvalue weighted by Gasteiger charge is -2.24. The van der Waals surface area contributed by atoms with Crippen LogP contribution in [-0.2, 0) is 6.54 Å². The predicted octanol–water partition coefficient (Wildman–Crippen LogP) is 2.48. The number of hydrogen-bond acceptors (Lipinski definition) is 3. The minimum Gasteiger partial charge on any atom is -0.468 e. The van der Waals surface area contributed by atoms with Gasteiger partial charge in [-0.05, 0) is 37.6 Å². The largest absolute Gasteiger partial charge is 0.468 e. The van der Waals surface area contributed by atoms with Crippen molar-refractivity contribution in [1.82, 2.24) is 4.90 Å². The lowest BCUT2D eigenvalue weighted by Crippen LogP contribution is -2.32. The average Bonchev–Trinajstić information content (AvgIpc) is 2.80.